The van der Waals surface area contributed by atoms with Gasteiger partial charge in [-0.15, -0.1) is 0 Å². The number of nitrogens with zero attached hydrogens (tertiary/aromatic N) is 1. The second kappa shape index (κ2) is 6.56. The Morgan fingerprint density at radius 3 is 2.38 bits per heavy atom. The molecule has 0 aliphatic heterocycles. The Kier molecular flexibility index (Phi) is 4.77. The molecule has 0 fully saturated rings. The van der Waals surface area contributed by atoms with Gasteiger partial charge in [-0.2, -0.15) is 5.10 Å². The largest absolute Gasteiger partial charge is 0.350 e. The quantitative estimate of drug-likeness (QED) is 0.654. The van der Waals surface area contributed by atoms with E-state index in [4.69, 9.17) is 28.9 Å². The minimum Gasteiger partial charge on any atom is -0.350 e. The number of nitrogens with two attached hydrogens (primary N) is 1. The molecule has 0 bridgehead atoms. The number of carbonyl (C=O) groups excluding carboxylic acids is 1. The Bertz CT molecular complexity index is 699. The molecule has 0 aliphatic carbocycles. The zero-order valence-corrected chi connectivity index (χ0v) is 12.1. The number of urea groups is 1. The molecule has 2 aromatic carbocycles. The molecule has 2 rings (SSSR count). The normalized spacial score (nSPS) is 10.8. The monoisotopic (exact) mass is 325 g/mol. The molecule has 2 aromatic rings. The van der Waals surface area contributed by atoms with Crippen molar-refractivity contribution in [1.82, 2.24) is 5.43 Å². The van der Waals surface area contributed by atoms with Gasteiger partial charge in [-0.1, -0.05) is 29.3 Å². The first-order chi connectivity index (χ1) is 9.95. The first-order valence-electron chi connectivity index (χ1n) is 5.80. The Balaban J connectivity index is 2.30. The van der Waals surface area contributed by atoms with Gasteiger partial charge in [0.1, 0.15) is 5.82 Å². The summed E-state index contributed by atoms with van der Waals surface area (Å²) >= 11 is 11.8. The van der Waals surface area contributed by atoms with Crippen LogP contribution in [-0.2, 0) is 0 Å². The molecule has 0 atom stereocenters. The smallest absolute Gasteiger partial charge is 0.332 e. The van der Waals surface area contributed by atoms with E-state index in [2.05, 4.69) is 5.10 Å². The number of halogens is 3. The average Bonchev–Trinajstić information content (AvgIpc) is 2.39. The zero-order valence-electron chi connectivity index (χ0n) is 10.6. The molecule has 2 amide bonds. The summed E-state index contributed by atoms with van der Waals surface area (Å²) in [6, 6.07) is 8.68. The molecule has 0 spiro atoms. The van der Waals surface area contributed by atoms with Gasteiger partial charge in [0, 0.05) is 15.6 Å². The summed E-state index contributed by atoms with van der Waals surface area (Å²) in [5, 5.41) is 4.43. The third-order valence-electron chi connectivity index (χ3n) is 2.57. The van der Waals surface area contributed by atoms with Crippen LogP contribution in [0.1, 0.15) is 5.56 Å². The summed E-state index contributed by atoms with van der Waals surface area (Å²) in [5.41, 5.74) is 8.36. The first-order valence-corrected chi connectivity index (χ1v) is 6.56. The van der Waals surface area contributed by atoms with Crippen molar-refractivity contribution in [1.29, 1.82) is 0 Å². The molecular weight excluding hydrogens is 316 g/mol. The lowest BCUT2D eigenvalue weighted by Crippen LogP contribution is -2.24. The standard InChI is InChI=1S/C14H10Cl2FN3O/c15-11-3-10(4-12(16)6-11)8-1-2-9(13(17)5-8)7-19-20-14(18)21/h1-7H,(H3,18,20,21). The van der Waals surface area contributed by atoms with Crippen molar-refractivity contribution in [3.05, 3.63) is 57.8 Å². The number of carbonyl (C=O) groups is 1. The summed E-state index contributed by atoms with van der Waals surface area (Å²) in [6.45, 7) is 0. The maximum Gasteiger partial charge on any atom is 0.332 e. The summed E-state index contributed by atoms with van der Waals surface area (Å²) < 4.78 is 14.0. The Morgan fingerprint density at radius 1 is 1.14 bits per heavy atom. The number of amides is 2. The highest BCUT2D eigenvalue weighted by molar-refractivity contribution is 6.35. The van der Waals surface area contributed by atoms with E-state index in [0.29, 0.717) is 21.2 Å². The number of hydrogen-bond donors (Lipinski definition) is 2. The zero-order chi connectivity index (χ0) is 15.4. The topological polar surface area (TPSA) is 67.5 Å². The molecule has 0 unspecified atom stereocenters. The van der Waals surface area contributed by atoms with Gasteiger partial charge < -0.3 is 5.73 Å². The number of hydrogen-bond acceptors (Lipinski definition) is 2. The fourth-order valence-electron chi connectivity index (χ4n) is 1.70. The minimum atomic E-state index is -0.822. The Morgan fingerprint density at radius 2 is 1.81 bits per heavy atom. The van der Waals surface area contributed by atoms with E-state index in [1.807, 2.05) is 5.43 Å². The van der Waals surface area contributed by atoms with Gasteiger partial charge in [0.2, 0.25) is 0 Å². The van der Waals surface area contributed by atoms with E-state index in [-0.39, 0.29) is 5.56 Å². The number of primary amides is 1. The first kappa shape index (κ1) is 15.3. The molecule has 3 N–H and O–H groups in total. The molecular formula is C14H10Cl2FN3O. The number of nitrogens with one attached hydrogen (secondary N) is 1. The van der Waals surface area contributed by atoms with Crippen molar-refractivity contribution in [3.8, 4) is 11.1 Å². The van der Waals surface area contributed by atoms with Crippen molar-refractivity contribution in [3.63, 3.8) is 0 Å². The van der Waals surface area contributed by atoms with Crippen LogP contribution in [0.15, 0.2) is 41.5 Å². The molecule has 7 heteroatoms. The van der Waals surface area contributed by atoms with Gasteiger partial charge in [0.05, 0.1) is 6.21 Å². The number of rotatable bonds is 3. The lowest BCUT2D eigenvalue weighted by atomic mass is 10.0. The summed E-state index contributed by atoms with van der Waals surface area (Å²) in [4.78, 5) is 10.5. The highest BCUT2D eigenvalue weighted by Crippen LogP contribution is 2.28. The third-order valence-corrected chi connectivity index (χ3v) is 3.01. The molecule has 0 aromatic heterocycles. The summed E-state index contributed by atoms with van der Waals surface area (Å²) in [5.74, 6) is -0.501. The SMILES string of the molecule is NC(=O)NN=Cc1ccc(-c2cc(Cl)cc(Cl)c2)cc1F. The molecule has 0 radical (unpaired) electrons. The summed E-state index contributed by atoms with van der Waals surface area (Å²) in [6.07, 6.45) is 1.16. The van der Waals surface area contributed by atoms with Crippen LogP contribution < -0.4 is 11.2 Å². The predicted octanol–water partition coefficient (Wildman–Crippen LogP) is 3.80. The van der Waals surface area contributed by atoms with Gasteiger partial charge in [0.25, 0.3) is 0 Å². The Hall–Kier alpha value is -2.11. The van der Waals surface area contributed by atoms with Gasteiger partial charge in [0.15, 0.2) is 0 Å². The lowest BCUT2D eigenvalue weighted by Gasteiger charge is -2.05. The van der Waals surface area contributed by atoms with Crippen LogP contribution in [0.4, 0.5) is 9.18 Å². The van der Waals surface area contributed by atoms with Crippen LogP contribution in [0.2, 0.25) is 10.0 Å². The lowest BCUT2D eigenvalue weighted by molar-refractivity contribution is 0.249. The molecule has 108 valence electrons. The highest BCUT2D eigenvalue weighted by atomic mass is 35.5. The van der Waals surface area contributed by atoms with Crippen molar-refractivity contribution < 1.29 is 9.18 Å². The number of hydrazone groups is 1. The van der Waals surface area contributed by atoms with Gasteiger partial charge >= 0.3 is 6.03 Å². The Labute approximate surface area is 130 Å². The van der Waals surface area contributed by atoms with Crippen LogP contribution >= 0.6 is 23.2 Å². The van der Waals surface area contributed by atoms with Crippen LogP contribution in [0, 0.1) is 5.82 Å². The van der Waals surface area contributed by atoms with Gasteiger partial charge in [-0.25, -0.2) is 14.6 Å². The van der Waals surface area contributed by atoms with Crippen molar-refractivity contribution >= 4 is 35.4 Å². The third kappa shape index (κ3) is 4.18. The van der Waals surface area contributed by atoms with Gasteiger partial charge in [-0.05, 0) is 41.5 Å². The van der Waals surface area contributed by atoms with Crippen LogP contribution in [0.25, 0.3) is 11.1 Å². The van der Waals surface area contributed by atoms with Crippen LogP contribution in [0.3, 0.4) is 0 Å². The fourth-order valence-corrected chi connectivity index (χ4v) is 2.22. The van der Waals surface area contributed by atoms with E-state index in [1.165, 1.54) is 12.1 Å². The van der Waals surface area contributed by atoms with Crippen molar-refractivity contribution in [2.75, 3.05) is 0 Å². The molecule has 0 saturated carbocycles. The maximum absolute atomic E-state index is 14.0. The van der Waals surface area contributed by atoms with Gasteiger partial charge in [-0.3, -0.25) is 0 Å². The molecule has 0 aliphatic rings. The second-order valence-electron chi connectivity index (χ2n) is 4.13. The molecule has 0 heterocycles. The second-order valence-corrected chi connectivity index (χ2v) is 5.00. The van der Waals surface area contributed by atoms with E-state index in [0.717, 1.165) is 6.21 Å². The van der Waals surface area contributed by atoms with Crippen molar-refractivity contribution in [2.24, 2.45) is 10.8 Å². The predicted molar refractivity (Wildman–Crippen MR) is 82.2 cm³/mol. The minimum absolute atomic E-state index is 0.209. The van der Waals surface area contributed by atoms with E-state index >= 15 is 0 Å². The summed E-state index contributed by atoms with van der Waals surface area (Å²) in [7, 11) is 0. The molecule has 21 heavy (non-hydrogen) atoms. The molecule has 0 saturated heterocycles. The van der Waals surface area contributed by atoms with Crippen molar-refractivity contribution in [2.45, 2.75) is 0 Å². The average molecular weight is 326 g/mol. The number of benzene rings is 2. The maximum atomic E-state index is 14.0. The van der Waals surface area contributed by atoms with Crippen LogP contribution in [0.5, 0.6) is 0 Å². The van der Waals surface area contributed by atoms with E-state index in [1.54, 1.807) is 24.3 Å². The van der Waals surface area contributed by atoms with E-state index in [9.17, 15) is 9.18 Å². The highest BCUT2D eigenvalue weighted by Gasteiger charge is 2.06. The van der Waals surface area contributed by atoms with Crippen LogP contribution in [-0.4, -0.2) is 12.2 Å². The fraction of sp³-hybridized carbons (Fsp3) is 0. The van der Waals surface area contributed by atoms with E-state index < -0.39 is 11.8 Å². The molecule has 4 nitrogen and oxygen atoms in total.